The van der Waals surface area contributed by atoms with Gasteiger partial charge in [0.25, 0.3) is 0 Å². The predicted molar refractivity (Wildman–Crippen MR) is 64.7 cm³/mol. The van der Waals surface area contributed by atoms with Gasteiger partial charge in [0.05, 0.1) is 14.2 Å². The first kappa shape index (κ1) is 12.6. The second-order valence-electron chi connectivity index (χ2n) is 2.99. The summed E-state index contributed by atoms with van der Waals surface area (Å²) in [5, 5.41) is 18.1. The minimum Gasteiger partial charge on any atom is -0.477 e. The summed E-state index contributed by atoms with van der Waals surface area (Å²) in [4.78, 5) is 11.0. The lowest BCUT2D eigenvalue weighted by Crippen LogP contribution is -1.92. The van der Waals surface area contributed by atoms with Crippen LogP contribution in [-0.4, -0.2) is 16.3 Å². The summed E-state index contributed by atoms with van der Waals surface area (Å²) >= 11 is 5.79. The van der Waals surface area contributed by atoms with E-state index in [1.165, 1.54) is 11.8 Å². The molecular formula is C9H8BrNO2S2. The number of hydrogen-bond donors (Lipinski definition) is 1. The molecule has 0 saturated heterocycles. The van der Waals surface area contributed by atoms with Crippen LogP contribution in [0.25, 0.3) is 0 Å². The van der Waals surface area contributed by atoms with E-state index in [4.69, 9.17) is 10.4 Å². The van der Waals surface area contributed by atoms with Crippen molar-refractivity contribution in [2.24, 2.45) is 0 Å². The number of hydrogen-bond acceptors (Lipinski definition) is 4. The summed E-state index contributed by atoms with van der Waals surface area (Å²) < 4.78 is 1.16. The Balaban J connectivity index is 3.23. The molecular weight excluding hydrogens is 298 g/mol. The maximum Gasteiger partial charge on any atom is 0.347 e. The zero-order valence-corrected chi connectivity index (χ0v) is 11.3. The Morgan fingerprint density at radius 1 is 1.67 bits per heavy atom. The molecule has 0 aliphatic carbocycles. The van der Waals surface area contributed by atoms with Crippen LogP contribution in [-0.2, 0) is 0 Å². The molecule has 0 atom stereocenters. The Labute approximate surface area is 104 Å². The van der Waals surface area contributed by atoms with Crippen LogP contribution in [0.1, 0.15) is 29.1 Å². The number of carboxylic acid groups (broad SMARTS) is 1. The summed E-state index contributed by atoms with van der Waals surface area (Å²) in [5.41, 5.74) is 0.427. The molecule has 0 aliphatic heterocycles. The fraction of sp³-hybridized carbons (Fsp3) is 0.333. The van der Waals surface area contributed by atoms with Gasteiger partial charge >= 0.3 is 5.97 Å². The standard InChI is InChI=1S/C9H8BrNO2S2/c1-4(2)14-9-5(3-11)6(10)7(15-9)8(12)13/h4H,1-2H3,(H,12,13). The van der Waals surface area contributed by atoms with Gasteiger partial charge in [0, 0.05) is 5.25 Å². The number of thiophene rings is 1. The number of rotatable bonds is 3. The fourth-order valence-electron chi connectivity index (χ4n) is 0.921. The molecule has 0 bridgehead atoms. The quantitative estimate of drug-likeness (QED) is 0.867. The highest BCUT2D eigenvalue weighted by molar-refractivity contribution is 9.10. The number of halogens is 1. The van der Waals surface area contributed by atoms with E-state index >= 15 is 0 Å². The van der Waals surface area contributed by atoms with Crippen LogP contribution >= 0.6 is 39.0 Å². The Hall–Kier alpha value is -0.510. The molecule has 0 spiro atoms. The van der Waals surface area contributed by atoms with Crippen molar-refractivity contribution in [3.63, 3.8) is 0 Å². The van der Waals surface area contributed by atoms with E-state index in [0.717, 1.165) is 15.5 Å². The summed E-state index contributed by atoms with van der Waals surface area (Å²) in [6.07, 6.45) is 0. The number of nitriles is 1. The number of nitrogens with zero attached hydrogens (tertiary/aromatic N) is 1. The van der Waals surface area contributed by atoms with Crippen molar-refractivity contribution in [1.82, 2.24) is 0 Å². The smallest absolute Gasteiger partial charge is 0.347 e. The van der Waals surface area contributed by atoms with Crippen molar-refractivity contribution in [2.45, 2.75) is 23.3 Å². The van der Waals surface area contributed by atoms with Crippen LogP contribution in [0, 0.1) is 11.3 Å². The van der Waals surface area contributed by atoms with Gasteiger partial charge in [-0.05, 0) is 15.9 Å². The van der Waals surface area contributed by atoms with E-state index < -0.39 is 5.97 Å². The van der Waals surface area contributed by atoms with Crippen LogP contribution in [0.4, 0.5) is 0 Å². The summed E-state index contributed by atoms with van der Waals surface area (Å²) in [6.45, 7) is 4.00. The normalized spacial score (nSPS) is 10.3. The van der Waals surface area contributed by atoms with Crippen molar-refractivity contribution in [2.75, 3.05) is 0 Å². The van der Waals surface area contributed by atoms with E-state index in [1.807, 2.05) is 19.9 Å². The second-order valence-corrected chi connectivity index (χ2v) is 6.65. The van der Waals surface area contributed by atoms with Gasteiger partial charge in [-0.3, -0.25) is 0 Å². The third-order valence-corrected chi connectivity index (χ3v) is 4.92. The molecule has 0 radical (unpaired) electrons. The van der Waals surface area contributed by atoms with Crippen molar-refractivity contribution in [3.8, 4) is 6.07 Å². The van der Waals surface area contributed by atoms with Crippen molar-refractivity contribution in [1.29, 1.82) is 5.26 Å². The van der Waals surface area contributed by atoms with E-state index in [0.29, 0.717) is 15.3 Å². The zero-order chi connectivity index (χ0) is 11.6. The molecule has 1 aromatic heterocycles. The van der Waals surface area contributed by atoms with Crippen LogP contribution in [0.5, 0.6) is 0 Å². The van der Waals surface area contributed by atoms with E-state index in [2.05, 4.69) is 15.9 Å². The van der Waals surface area contributed by atoms with Crippen LogP contribution in [0.2, 0.25) is 0 Å². The molecule has 80 valence electrons. The third kappa shape index (κ3) is 2.74. The molecule has 0 fully saturated rings. The average Bonchev–Trinajstić information content (AvgIpc) is 2.41. The monoisotopic (exact) mass is 305 g/mol. The minimum atomic E-state index is -1.00. The maximum absolute atomic E-state index is 10.9. The highest BCUT2D eigenvalue weighted by Gasteiger charge is 2.21. The summed E-state index contributed by atoms with van der Waals surface area (Å²) in [6, 6.07) is 2.02. The highest BCUT2D eigenvalue weighted by atomic mass is 79.9. The summed E-state index contributed by atoms with van der Waals surface area (Å²) in [7, 11) is 0. The van der Waals surface area contributed by atoms with Crippen LogP contribution in [0.3, 0.4) is 0 Å². The van der Waals surface area contributed by atoms with Gasteiger partial charge in [-0.25, -0.2) is 4.79 Å². The lowest BCUT2D eigenvalue weighted by molar-refractivity contribution is 0.0701. The molecule has 3 nitrogen and oxygen atoms in total. The molecule has 1 rings (SSSR count). The average molecular weight is 306 g/mol. The third-order valence-electron chi connectivity index (χ3n) is 1.47. The molecule has 0 aliphatic rings. The number of aromatic carboxylic acids is 1. The highest BCUT2D eigenvalue weighted by Crippen LogP contribution is 2.40. The Bertz CT molecular complexity index is 434. The minimum absolute atomic E-state index is 0.190. The fourth-order valence-corrected chi connectivity index (χ4v) is 4.31. The van der Waals surface area contributed by atoms with Gasteiger partial charge in [-0.15, -0.1) is 23.1 Å². The number of carboxylic acids is 1. The zero-order valence-electron chi connectivity index (χ0n) is 8.07. The van der Waals surface area contributed by atoms with Crippen LogP contribution < -0.4 is 0 Å². The number of carbonyl (C=O) groups is 1. The predicted octanol–water partition coefficient (Wildman–Crippen LogP) is 3.58. The molecule has 0 amide bonds. The van der Waals surface area contributed by atoms with E-state index in [-0.39, 0.29) is 4.88 Å². The van der Waals surface area contributed by atoms with E-state index in [1.54, 1.807) is 0 Å². The molecule has 0 unspecified atom stereocenters. The number of thioether (sulfide) groups is 1. The first-order valence-electron chi connectivity index (χ1n) is 4.09. The van der Waals surface area contributed by atoms with Crippen LogP contribution in [0.15, 0.2) is 8.68 Å². The molecule has 0 aromatic carbocycles. The Kier molecular flexibility index (Phi) is 4.20. The van der Waals surface area contributed by atoms with Gasteiger partial charge in [-0.1, -0.05) is 13.8 Å². The molecule has 15 heavy (non-hydrogen) atoms. The summed E-state index contributed by atoms with van der Waals surface area (Å²) in [5.74, 6) is -1.00. The second kappa shape index (κ2) is 5.01. The lowest BCUT2D eigenvalue weighted by atomic mass is 10.3. The molecule has 1 heterocycles. The van der Waals surface area contributed by atoms with Crippen molar-refractivity contribution < 1.29 is 9.90 Å². The van der Waals surface area contributed by atoms with Crippen molar-refractivity contribution in [3.05, 3.63) is 14.9 Å². The van der Waals surface area contributed by atoms with Gasteiger partial charge in [0.2, 0.25) is 0 Å². The van der Waals surface area contributed by atoms with Gasteiger partial charge in [0.1, 0.15) is 10.9 Å². The van der Waals surface area contributed by atoms with Gasteiger partial charge in [0.15, 0.2) is 0 Å². The van der Waals surface area contributed by atoms with E-state index in [9.17, 15) is 4.79 Å². The Morgan fingerprint density at radius 3 is 2.67 bits per heavy atom. The molecule has 1 N–H and O–H groups in total. The topological polar surface area (TPSA) is 61.1 Å². The lowest BCUT2D eigenvalue weighted by Gasteiger charge is -2.00. The maximum atomic E-state index is 10.9. The SMILES string of the molecule is CC(C)Sc1sc(C(=O)O)c(Br)c1C#N. The van der Waals surface area contributed by atoms with Gasteiger partial charge < -0.3 is 5.11 Å². The Morgan fingerprint density at radius 2 is 2.27 bits per heavy atom. The van der Waals surface area contributed by atoms with Gasteiger partial charge in [-0.2, -0.15) is 5.26 Å². The molecule has 0 saturated carbocycles. The first-order chi connectivity index (χ1) is 6.97. The first-order valence-corrected chi connectivity index (χ1v) is 6.58. The largest absolute Gasteiger partial charge is 0.477 e. The molecule has 1 aromatic rings. The van der Waals surface area contributed by atoms with Crippen molar-refractivity contribution >= 4 is 45.0 Å². The molecule has 6 heteroatoms.